The van der Waals surface area contributed by atoms with Crippen LogP contribution in [0.15, 0.2) is 28.1 Å². The second-order valence-electron chi connectivity index (χ2n) is 6.61. The highest BCUT2D eigenvalue weighted by molar-refractivity contribution is 7.10. The number of aliphatic hydroxyl groups is 1. The molecule has 1 atom stereocenters. The number of hydrogen-bond donors (Lipinski definition) is 2. The van der Waals surface area contributed by atoms with Crippen LogP contribution >= 0.6 is 11.3 Å². The van der Waals surface area contributed by atoms with Crippen molar-refractivity contribution in [2.24, 2.45) is 5.92 Å². The fourth-order valence-electron chi connectivity index (χ4n) is 3.41. The van der Waals surface area contributed by atoms with Crippen molar-refractivity contribution in [3.05, 3.63) is 45.4 Å². The van der Waals surface area contributed by atoms with Crippen molar-refractivity contribution in [2.45, 2.75) is 38.8 Å². The van der Waals surface area contributed by atoms with Crippen molar-refractivity contribution in [3.63, 3.8) is 0 Å². The van der Waals surface area contributed by atoms with Gasteiger partial charge in [0.2, 0.25) is 0 Å². The van der Waals surface area contributed by atoms with Gasteiger partial charge in [-0.05, 0) is 50.1 Å². The predicted octanol–water partition coefficient (Wildman–Crippen LogP) is 3.14. The molecule has 2 N–H and O–H groups in total. The highest BCUT2D eigenvalue weighted by Crippen LogP contribution is 2.39. The van der Waals surface area contributed by atoms with Crippen molar-refractivity contribution in [3.8, 4) is 0 Å². The third-order valence-corrected chi connectivity index (χ3v) is 5.70. The summed E-state index contributed by atoms with van der Waals surface area (Å²) in [5, 5.41) is 19.4. The number of nitrogens with one attached hydrogen (secondary N) is 1. The van der Waals surface area contributed by atoms with Crippen molar-refractivity contribution >= 4 is 28.3 Å². The number of rotatable bonds is 4. The molecule has 7 heteroatoms. The zero-order chi connectivity index (χ0) is 17.6. The Bertz CT molecular complexity index is 913. The first-order valence-electron chi connectivity index (χ1n) is 8.29. The number of aromatic nitrogens is 2. The number of thiophene rings is 1. The van der Waals surface area contributed by atoms with Crippen molar-refractivity contribution < 1.29 is 14.4 Å². The summed E-state index contributed by atoms with van der Waals surface area (Å²) in [6, 6.07) is 5.67. The van der Waals surface area contributed by atoms with Crippen LogP contribution in [-0.4, -0.2) is 27.3 Å². The van der Waals surface area contributed by atoms with E-state index in [9.17, 15) is 9.90 Å². The van der Waals surface area contributed by atoms with Gasteiger partial charge in [0.25, 0.3) is 11.6 Å². The number of carbonyl (C=O) groups is 1. The van der Waals surface area contributed by atoms with Crippen LogP contribution < -0.4 is 5.32 Å². The maximum absolute atomic E-state index is 13.0. The molecule has 130 valence electrons. The van der Waals surface area contributed by atoms with Crippen LogP contribution in [0, 0.1) is 19.8 Å². The molecule has 1 aliphatic carbocycles. The van der Waals surface area contributed by atoms with Gasteiger partial charge in [0.1, 0.15) is 0 Å². The minimum atomic E-state index is -0.264. The molecule has 0 unspecified atom stereocenters. The third-order valence-electron chi connectivity index (χ3n) is 4.75. The molecule has 1 saturated carbocycles. The molecule has 4 rings (SSSR count). The first-order valence-corrected chi connectivity index (χ1v) is 9.17. The van der Waals surface area contributed by atoms with E-state index >= 15 is 0 Å². The van der Waals surface area contributed by atoms with Crippen LogP contribution in [0.4, 0.5) is 0 Å². The summed E-state index contributed by atoms with van der Waals surface area (Å²) in [6.07, 6.45) is 1.15. The lowest BCUT2D eigenvalue weighted by molar-refractivity contribution is 0.0241. The number of amides is 1. The van der Waals surface area contributed by atoms with Crippen LogP contribution in [0.2, 0.25) is 0 Å². The molecule has 0 aromatic carbocycles. The van der Waals surface area contributed by atoms with Gasteiger partial charge in [0.05, 0.1) is 28.8 Å². The summed E-state index contributed by atoms with van der Waals surface area (Å²) in [7, 11) is 0. The van der Waals surface area contributed by atoms with Gasteiger partial charge in [0, 0.05) is 10.6 Å². The van der Waals surface area contributed by atoms with Crippen LogP contribution in [0.3, 0.4) is 0 Å². The zero-order valence-electron chi connectivity index (χ0n) is 14.0. The maximum atomic E-state index is 13.0. The Morgan fingerprint density at radius 3 is 2.92 bits per heavy atom. The summed E-state index contributed by atoms with van der Waals surface area (Å²) in [4.78, 5) is 18.4. The molecule has 1 fully saturated rings. The molecule has 6 nitrogen and oxygen atoms in total. The van der Waals surface area contributed by atoms with Gasteiger partial charge in [0.15, 0.2) is 0 Å². The summed E-state index contributed by atoms with van der Waals surface area (Å²) in [6.45, 7) is 3.63. The Labute approximate surface area is 148 Å². The van der Waals surface area contributed by atoms with Crippen LogP contribution in [0.5, 0.6) is 0 Å². The normalized spacial score (nSPS) is 21.1. The topological polar surface area (TPSA) is 88.2 Å². The smallest absolute Gasteiger partial charge is 0.258 e. The fraction of sp³-hybridized carbons (Fsp3) is 0.389. The van der Waals surface area contributed by atoms with Crippen molar-refractivity contribution in [1.29, 1.82) is 0 Å². The molecule has 1 aliphatic rings. The molecule has 0 radical (unpaired) electrons. The second kappa shape index (κ2) is 6.24. The van der Waals surface area contributed by atoms with Crippen molar-refractivity contribution in [2.75, 3.05) is 0 Å². The van der Waals surface area contributed by atoms with Gasteiger partial charge in [-0.25, -0.2) is 4.98 Å². The van der Waals surface area contributed by atoms with E-state index in [1.807, 2.05) is 24.4 Å². The second-order valence-corrected chi connectivity index (χ2v) is 7.59. The first kappa shape index (κ1) is 16.2. The lowest BCUT2D eigenvalue weighted by Crippen LogP contribution is -2.41. The number of aryl methyl sites for hydroxylation is 2. The van der Waals surface area contributed by atoms with Crippen LogP contribution in [0.1, 0.15) is 45.5 Å². The Morgan fingerprint density at radius 1 is 1.44 bits per heavy atom. The Hall–Kier alpha value is -2.25. The van der Waals surface area contributed by atoms with E-state index < -0.39 is 0 Å². The number of aliphatic hydroxyl groups excluding tert-OH is 1. The van der Waals surface area contributed by atoms with E-state index in [1.54, 1.807) is 24.3 Å². The van der Waals surface area contributed by atoms with Gasteiger partial charge in [-0.3, -0.25) is 4.79 Å². The summed E-state index contributed by atoms with van der Waals surface area (Å²) < 4.78 is 5.22. The van der Waals surface area contributed by atoms with Gasteiger partial charge < -0.3 is 14.9 Å². The minimum absolute atomic E-state index is 0.0976. The van der Waals surface area contributed by atoms with Gasteiger partial charge >= 0.3 is 0 Å². The summed E-state index contributed by atoms with van der Waals surface area (Å²) in [5.74, 6) is 0.0844. The highest BCUT2D eigenvalue weighted by Gasteiger charge is 2.36. The monoisotopic (exact) mass is 357 g/mol. The van der Waals surface area contributed by atoms with E-state index in [-0.39, 0.29) is 24.0 Å². The molecular weight excluding hydrogens is 338 g/mol. The summed E-state index contributed by atoms with van der Waals surface area (Å²) in [5.41, 5.74) is 2.27. The molecule has 3 aromatic rings. The Kier molecular flexibility index (Phi) is 4.05. The largest absolute Gasteiger partial charge is 0.393 e. The SMILES string of the molecule is Cc1cc(C(=O)N[C@@H](c2cccs2)C2CC(O)C2)c2c(C)noc2n1. The maximum Gasteiger partial charge on any atom is 0.258 e. The Morgan fingerprint density at radius 2 is 2.24 bits per heavy atom. The number of hydrogen-bond acceptors (Lipinski definition) is 6. The minimum Gasteiger partial charge on any atom is -0.393 e. The number of carbonyl (C=O) groups excluding carboxylic acids is 1. The number of fused-ring (bicyclic) bond motifs is 1. The predicted molar refractivity (Wildman–Crippen MR) is 94.5 cm³/mol. The molecule has 25 heavy (non-hydrogen) atoms. The van der Waals surface area contributed by atoms with Crippen LogP contribution in [0.25, 0.3) is 11.1 Å². The summed E-state index contributed by atoms with van der Waals surface area (Å²) >= 11 is 1.62. The Balaban J connectivity index is 1.67. The zero-order valence-corrected chi connectivity index (χ0v) is 14.8. The molecular formula is C18H19N3O3S. The van der Waals surface area contributed by atoms with Crippen molar-refractivity contribution in [1.82, 2.24) is 15.5 Å². The van der Waals surface area contributed by atoms with E-state index in [1.165, 1.54) is 0 Å². The first-order chi connectivity index (χ1) is 12.0. The average molecular weight is 357 g/mol. The number of pyridine rings is 1. The molecule has 1 amide bonds. The van der Waals surface area contributed by atoms with Gasteiger partial charge in [-0.2, -0.15) is 0 Å². The van der Waals surface area contributed by atoms with E-state index in [2.05, 4.69) is 15.5 Å². The lowest BCUT2D eigenvalue weighted by atomic mass is 9.76. The van der Waals surface area contributed by atoms with Crippen LogP contribution in [-0.2, 0) is 0 Å². The van der Waals surface area contributed by atoms with Gasteiger partial charge in [-0.15, -0.1) is 11.3 Å². The van der Waals surface area contributed by atoms with E-state index in [0.717, 1.165) is 4.88 Å². The molecule has 3 heterocycles. The van der Waals surface area contributed by atoms with Gasteiger partial charge in [-0.1, -0.05) is 11.2 Å². The highest BCUT2D eigenvalue weighted by atomic mass is 32.1. The number of nitrogens with zero attached hydrogens (tertiary/aromatic N) is 2. The molecule has 3 aromatic heterocycles. The fourth-order valence-corrected chi connectivity index (χ4v) is 4.28. The quantitative estimate of drug-likeness (QED) is 0.749. The molecule has 0 saturated heterocycles. The standard InChI is InChI=1S/C18H19N3O3S/c1-9-6-13(15-10(2)21-24-18(15)19-9)17(23)20-16(11-7-12(22)8-11)14-4-3-5-25-14/h3-6,11-12,16,22H,7-8H2,1-2H3,(H,20,23)/t11?,12?,16-/m1/s1. The molecule has 0 spiro atoms. The molecule has 0 aliphatic heterocycles. The lowest BCUT2D eigenvalue weighted by Gasteiger charge is -2.37. The third kappa shape index (κ3) is 2.94. The molecule has 0 bridgehead atoms. The van der Waals surface area contributed by atoms with E-state index in [0.29, 0.717) is 40.9 Å². The average Bonchev–Trinajstić information content (AvgIpc) is 3.19. The van der Waals surface area contributed by atoms with E-state index in [4.69, 9.17) is 4.52 Å².